The average Bonchev–Trinajstić information content (AvgIpc) is 3.09. The lowest BCUT2D eigenvalue weighted by atomic mass is 9.76. The Bertz CT molecular complexity index is 1300. The third-order valence-corrected chi connectivity index (χ3v) is 8.28. The zero-order valence-corrected chi connectivity index (χ0v) is 23.3. The van der Waals surface area contributed by atoms with E-state index in [9.17, 15) is 0 Å². The Balaban J connectivity index is 1.56. The molecule has 0 spiro atoms. The molecule has 0 aliphatic carbocycles. The summed E-state index contributed by atoms with van der Waals surface area (Å²) in [5, 5.41) is 0. The van der Waals surface area contributed by atoms with Gasteiger partial charge in [0.1, 0.15) is 11.5 Å². The Morgan fingerprint density at radius 3 is 2.05 bits per heavy atom. The van der Waals surface area contributed by atoms with Crippen molar-refractivity contribution >= 4 is 12.6 Å². The fourth-order valence-electron chi connectivity index (χ4n) is 5.26. The molecule has 0 atom stereocenters. The van der Waals surface area contributed by atoms with E-state index in [1.807, 2.05) is 52.2 Å². The van der Waals surface area contributed by atoms with Gasteiger partial charge in [-0.1, -0.05) is 18.2 Å². The number of nitrogens with zero attached hydrogens (tertiary/aromatic N) is 2. The fourth-order valence-corrected chi connectivity index (χ4v) is 5.26. The van der Waals surface area contributed by atoms with Gasteiger partial charge in [0.05, 0.1) is 30.9 Å². The topological polar surface area (TPSA) is 53.1 Å². The molecule has 3 aromatic rings. The summed E-state index contributed by atoms with van der Waals surface area (Å²) in [4.78, 5) is 7.00. The molecule has 1 aromatic heterocycles. The summed E-state index contributed by atoms with van der Waals surface area (Å²) in [7, 11) is 4.91. The fraction of sp³-hybridized carbons (Fsp3) is 0.433. The normalized spacial score (nSPS) is 18.5. The van der Waals surface area contributed by atoms with Crippen molar-refractivity contribution in [3.8, 4) is 33.8 Å². The molecule has 6 nitrogen and oxygen atoms in total. The second-order valence-corrected chi connectivity index (χ2v) is 11.2. The quantitative estimate of drug-likeness (QED) is 0.459. The number of benzene rings is 2. The molecule has 0 bridgehead atoms. The molecule has 37 heavy (non-hydrogen) atoms. The van der Waals surface area contributed by atoms with Gasteiger partial charge in [0.15, 0.2) is 0 Å². The van der Waals surface area contributed by atoms with Crippen molar-refractivity contribution in [1.82, 2.24) is 9.88 Å². The molecule has 0 unspecified atom stereocenters. The van der Waals surface area contributed by atoms with Crippen LogP contribution < -0.4 is 14.9 Å². The van der Waals surface area contributed by atoms with Crippen molar-refractivity contribution in [2.45, 2.75) is 58.8 Å². The van der Waals surface area contributed by atoms with E-state index in [0.29, 0.717) is 11.5 Å². The first-order valence-electron chi connectivity index (χ1n) is 12.9. The third-order valence-electron chi connectivity index (χ3n) is 8.28. The maximum Gasteiger partial charge on any atom is 0.502 e. The Labute approximate surface area is 221 Å². The molecule has 194 valence electrons. The first kappa shape index (κ1) is 25.8. The molecule has 2 aliphatic heterocycles. The molecule has 0 radical (unpaired) electrons. The van der Waals surface area contributed by atoms with Gasteiger partial charge in [-0.15, -0.1) is 0 Å². The SMILES string of the molecule is COc1cc(-c2cncc(-c3ccc4c(c3)CCN(C)C4)c2C)cc(OC)c1B1OC(C)(C)C(C)(C)O1. The van der Waals surface area contributed by atoms with Gasteiger partial charge in [-0.3, -0.25) is 4.98 Å². The van der Waals surface area contributed by atoms with Crippen LogP contribution in [-0.4, -0.2) is 56.0 Å². The second-order valence-electron chi connectivity index (χ2n) is 11.2. The predicted molar refractivity (Wildman–Crippen MR) is 149 cm³/mol. The second kappa shape index (κ2) is 9.46. The highest BCUT2D eigenvalue weighted by atomic mass is 16.7. The van der Waals surface area contributed by atoms with E-state index in [1.165, 1.54) is 16.7 Å². The van der Waals surface area contributed by atoms with Gasteiger partial charge in [-0.2, -0.15) is 0 Å². The predicted octanol–water partition coefficient (Wildman–Crippen LogP) is 5.03. The van der Waals surface area contributed by atoms with Gasteiger partial charge >= 0.3 is 7.12 Å². The summed E-state index contributed by atoms with van der Waals surface area (Å²) >= 11 is 0. The average molecular weight is 500 g/mol. The number of aromatic nitrogens is 1. The Morgan fingerprint density at radius 1 is 0.865 bits per heavy atom. The first-order valence-corrected chi connectivity index (χ1v) is 12.9. The van der Waals surface area contributed by atoms with Crippen LogP contribution in [0, 0.1) is 6.92 Å². The van der Waals surface area contributed by atoms with E-state index in [-0.39, 0.29) is 0 Å². The van der Waals surface area contributed by atoms with Crippen molar-refractivity contribution in [2.75, 3.05) is 27.8 Å². The molecule has 0 amide bonds. The largest absolute Gasteiger partial charge is 0.502 e. The van der Waals surface area contributed by atoms with Crippen LogP contribution in [0.15, 0.2) is 42.7 Å². The molecular formula is C30H37BN2O4. The zero-order valence-electron chi connectivity index (χ0n) is 23.3. The van der Waals surface area contributed by atoms with Gasteiger partial charge in [0, 0.05) is 36.6 Å². The molecule has 3 heterocycles. The smallest absolute Gasteiger partial charge is 0.497 e. The molecule has 5 rings (SSSR count). The number of hydrogen-bond acceptors (Lipinski definition) is 6. The Kier molecular flexibility index (Phi) is 6.59. The number of fused-ring (bicyclic) bond motifs is 1. The summed E-state index contributed by atoms with van der Waals surface area (Å²) in [6, 6.07) is 10.9. The highest BCUT2D eigenvalue weighted by Crippen LogP contribution is 2.40. The van der Waals surface area contributed by atoms with Gasteiger partial charge in [-0.25, -0.2) is 0 Å². The summed E-state index contributed by atoms with van der Waals surface area (Å²) in [5.41, 5.74) is 8.16. The van der Waals surface area contributed by atoms with Gasteiger partial charge in [0.2, 0.25) is 0 Å². The van der Waals surface area contributed by atoms with Crippen LogP contribution in [0.1, 0.15) is 44.4 Å². The van der Waals surface area contributed by atoms with Crippen molar-refractivity contribution in [2.24, 2.45) is 0 Å². The number of ether oxygens (including phenoxy) is 2. The zero-order chi connectivity index (χ0) is 26.5. The summed E-state index contributed by atoms with van der Waals surface area (Å²) < 4.78 is 24.4. The van der Waals surface area contributed by atoms with Crippen molar-refractivity contribution < 1.29 is 18.8 Å². The van der Waals surface area contributed by atoms with Crippen molar-refractivity contribution in [3.05, 3.63) is 59.4 Å². The Hall–Kier alpha value is -2.87. The minimum atomic E-state index is -0.593. The standard InChI is InChI=1S/C30H37BN2O4/c1-19-24(21-9-10-22-18-33(6)12-11-20(22)13-21)16-32-17-25(19)23-14-26(34-7)28(27(15-23)35-8)31-36-29(2,3)30(4,5)37-31/h9-10,13-17H,11-12,18H2,1-8H3. The lowest BCUT2D eigenvalue weighted by Gasteiger charge is -2.32. The number of hydrogen-bond donors (Lipinski definition) is 0. The lowest BCUT2D eigenvalue weighted by molar-refractivity contribution is 0.00578. The van der Waals surface area contributed by atoms with E-state index in [2.05, 4.69) is 42.1 Å². The van der Waals surface area contributed by atoms with Gasteiger partial charge in [-0.05, 0) is 88.0 Å². The molecule has 0 saturated carbocycles. The molecule has 7 heteroatoms. The van der Waals surface area contributed by atoms with Crippen LogP contribution in [-0.2, 0) is 22.3 Å². The van der Waals surface area contributed by atoms with Crippen molar-refractivity contribution in [3.63, 3.8) is 0 Å². The monoisotopic (exact) mass is 500 g/mol. The highest BCUT2D eigenvalue weighted by Gasteiger charge is 2.53. The van der Waals surface area contributed by atoms with Crippen LogP contribution in [0.3, 0.4) is 0 Å². The van der Waals surface area contributed by atoms with E-state index in [1.54, 1.807) is 14.2 Å². The van der Waals surface area contributed by atoms with Gasteiger partial charge < -0.3 is 23.7 Å². The van der Waals surface area contributed by atoms with Crippen molar-refractivity contribution in [1.29, 1.82) is 0 Å². The molecule has 2 aliphatic rings. The maximum atomic E-state index is 6.34. The third kappa shape index (κ3) is 4.54. The maximum absolute atomic E-state index is 6.34. The van der Waals surface area contributed by atoms with E-state index in [0.717, 1.165) is 47.2 Å². The number of pyridine rings is 1. The molecule has 1 fully saturated rings. The molecule has 1 saturated heterocycles. The van der Waals surface area contributed by atoms with E-state index < -0.39 is 18.3 Å². The van der Waals surface area contributed by atoms with E-state index in [4.69, 9.17) is 18.8 Å². The number of rotatable bonds is 5. The summed E-state index contributed by atoms with van der Waals surface area (Å²) in [6.07, 6.45) is 4.94. The van der Waals surface area contributed by atoms with Gasteiger partial charge in [0.25, 0.3) is 0 Å². The lowest BCUT2D eigenvalue weighted by Crippen LogP contribution is -2.41. The number of methoxy groups -OCH3 is 2. The minimum absolute atomic E-state index is 0.467. The highest BCUT2D eigenvalue weighted by molar-refractivity contribution is 6.64. The number of likely N-dealkylation sites (N-methyl/N-ethyl adjacent to an activating group) is 1. The molecule has 0 N–H and O–H groups in total. The molecular weight excluding hydrogens is 463 g/mol. The van der Waals surface area contributed by atoms with Crippen LogP contribution in [0.25, 0.3) is 22.3 Å². The van der Waals surface area contributed by atoms with Crippen LogP contribution >= 0.6 is 0 Å². The van der Waals surface area contributed by atoms with Crippen LogP contribution in [0.5, 0.6) is 11.5 Å². The minimum Gasteiger partial charge on any atom is -0.497 e. The summed E-state index contributed by atoms with van der Waals surface area (Å²) in [6.45, 7) is 12.4. The Morgan fingerprint density at radius 2 is 1.46 bits per heavy atom. The first-order chi connectivity index (χ1) is 17.5. The van der Waals surface area contributed by atoms with Crippen LogP contribution in [0.4, 0.5) is 0 Å². The summed E-state index contributed by atoms with van der Waals surface area (Å²) in [5.74, 6) is 1.33. The molecule has 2 aromatic carbocycles. The van der Waals surface area contributed by atoms with Crippen LogP contribution in [0.2, 0.25) is 0 Å². The van der Waals surface area contributed by atoms with E-state index >= 15 is 0 Å².